The molecule has 18 heavy (non-hydrogen) atoms. The molecule has 0 saturated heterocycles. The van der Waals surface area contributed by atoms with E-state index in [4.69, 9.17) is 0 Å². The summed E-state index contributed by atoms with van der Waals surface area (Å²) < 4.78 is 1.90. The van der Waals surface area contributed by atoms with Gasteiger partial charge in [0.05, 0.1) is 6.20 Å². The number of aromatic nitrogens is 2. The molecule has 4 rings (SSSR count). The molecule has 0 aliphatic heterocycles. The Labute approximate surface area is 108 Å². The van der Waals surface area contributed by atoms with Gasteiger partial charge < -0.3 is 0 Å². The van der Waals surface area contributed by atoms with Crippen LogP contribution in [0.3, 0.4) is 0 Å². The fraction of sp³-hybridized carbons (Fsp3) is 0.733. The molecule has 3 saturated carbocycles. The minimum Gasteiger partial charge on any atom is -0.299 e. The van der Waals surface area contributed by atoms with E-state index in [-0.39, 0.29) is 0 Å². The predicted molar refractivity (Wildman–Crippen MR) is 67.9 cm³/mol. The fourth-order valence-electron chi connectivity index (χ4n) is 4.74. The molecule has 2 bridgehead atoms. The van der Waals surface area contributed by atoms with Gasteiger partial charge in [0.25, 0.3) is 0 Å². The van der Waals surface area contributed by atoms with Crippen LogP contribution in [-0.4, -0.2) is 15.6 Å². The monoisotopic (exact) mass is 244 g/mol. The van der Waals surface area contributed by atoms with E-state index in [1.807, 2.05) is 17.1 Å². The van der Waals surface area contributed by atoms with Crippen molar-refractivity contribution in [3.8, 4) is 0 Å². The lowest BCUT2D eigenvalue weighted by molar-refractivity contribution is -0.120. The van der Waals surface area contributed by atoms with Gasteiger partial charge in [-0.2, -0.15) is 5.10 Å². The van der Waals surface area contributed by atoms with Gasteiger partial charge in [0, 0.05) is 25.1 Å². The van der Waals surface area contributed by atoms with E-state index in [1.54, 1.807) is 0 Å². The fourth-order valence-corrected chi connectivity index (χ4v) is 4.74. The second-order valence-corrected chi connectivity index (χ2v) is 6.36. The molecule has 1 heterocycles. The van der Waals surface area contributed by atoms with Crippen molar-refractivity contribution in [1.29, 1.82) is 0 Å². The van der Waals surface area contributed by atoms with Crippen molar-refractivity contribution in [2.45, 2.75) is 39.2 Å². The van der Waals surface area contributed by atoms with Crippen LogP contribution in [-0.2, 0) is 17.8 Å². The Morgan fingerprint density at radius 3 is 2.72 bits per heavy atom. The van der Waals surface area contributed by atoms with E-state index in [0.717, 1.165) is 35.8 Å². The van der Waals surface area contributed by atoms with Crippen LogP contribution < -0.4 is 0 Å². The van der Waals surface area contributed by atoms with Crippen LogP contribution in [0.15, 0.2) is 12.4 Å². The SMILES string of the molecule is CCn1cc(CC(=O)C2C3C4CCC(C4)C23)cn1. The molecule has 1 aromatic rings. The van der Waals surface area contributed by atoms with Crippen molar-refractivity contribution in [2.75, 3.05) is 0 Å². The second-order valence-electron chi connectivity index (χ2n) is 6.36. The van der Waals surface area contributed by atoms with Crippen molar-refractivity contribution in [3.05, 3.63) is 18.0 Å². The van der Waals surface area contributed by atoms with Gasteiger partial charge in [-0.25, -0.2) is 0 Å². The molecule has 3 aliphatic rings. The van der Waals surface area contributed by atoms with Crippen LogP contribution in [0.4, 0.5) is 0 Å². The molecule has 0 N–H and O–H groups in total. The van der Waals surface area contributed by atoms with Gasteiger partial charge in [-0.1, -0.05) is 0 Å². The summed E-state index contributed by atoms with van der Waals surface area (Å²) in [5, 5.41) is 4.25. The Bertz CT molecular complexity index is 476. The van der Waals surface area contributed by atoms with Gasteiger partial charge in [0.1, 0.15) is 5.78 Å². The Kier molecular flexibility index (Phi) is 2.21. The first-order chi connectivity index (χ1) is 8.78. The maximum atomic E-state index is 12.4. The molecule has 3 heteroatoms. The summed E-state index contributed by atoms with van der Waals surface area (Å²) in [7, 11) is 0. The zero-order valence-corrected chi connectivity index (χ0v) is 10.9. The molecule has 3 fully saturated rings. The summed E-state index contributed by atoms with van der Waals surface area (Å²) in [6.07, 6.45) is 8.69. The van der Waals surface area contributed by atoms with Crippen molar-refractivity contribution in [1.82, 2.24) is 9.78 Å². The lowest BCUT2D eigenvalue weighted by Crippen LogP contribution is -2.12. The van der Waals surface area contributed by atoms with E-state index in [1.165, 1.54) is 19.3 Å². The molecular formula is C15H20N2O. The normalized spacial score (nSPS) is 39.9. The summed E-state index contributed by atoms with van der Waals surface area (Å²) in [6, 6.07) is 0. The topological polar surface area (TPSA) is 34.9 Å². The van der Waals surface area contributed by atoms with E-state index in [2.05, 4.69) is 12.0 Å². The minimum atomic E-state index is 0.418. The number of hydrogen-bond donors (Lipinski definition) is 0. The van der Waals surface area contributed by atoms with Gasteiger partial charge in [0.15, 0.2) is 0 Å². The highest BCUT2D eigenvalue weighted by Crippen LogP contribution is 2.69. The highest BCUT2D eigenvalue weighted by Gasteiger charge is 2.66. The van der Waals surface area contributed by atoms with Crippen molar-refractivity contribution >= 4 is 5.78 Å². The molecule has 0 amide bonds. The van der Waals surface area contributed by atoms with Crippen molar-refractivity contribution in [3.63, 3.8) is 0 Å². The van der Waals surface area contributed by atoms with Crippen LogP contribution in [0.2, 0.25) is 0 Å². The maximum Gasteiger partial charge on any atom is 0.141 e. The highest BCUT2D eigenvalue weighted by molar-refractivity contribution is 5.86. The zero-order valence-electron chi connectivity index (χ0n) is 10.9. The van der Waals surface area contributed by atoms with Gasteiger partial charge in [-0.05, 0) is 55.4 Å². The zero-order chi connectivity index (χ0) is 12.3. The summed E-state index contributed by atoms with van der Waals surface area (Å²) in [4.78, 5) is 12.4. The van der Waals surface area contributed by atoms with E-state index >= 15 is 0 Å². The van der Waals surface area contributed by atoms with Crippen molar-refractivity contribution in [2.24, 2.45) is 29.6 Å². The molecular weight excluding hydrogens is 224 g/mol. The number of nitrogens with zero attached hydrogens (tertiary/aromatic N) is 2. The average Bonchev–Trinajstić information content (AvgIpc) is 2.73. The number of carbonyl (C=O) groups excluding carboxylic acids is 1. The summed E-state index contributed by atoms with van der Waals surface area (Å²) in [5.74, 6) is 4.24. The smallest absolute Gasteiger partial charge is 0.141 e. The maximum absolute atomic E-state index is 12.4. The van der Waals surface area contributed by atoms with E-state index in [0.29, 0.717) is 18.1 Å². The third kappa shape index (κ3) is 1.42. The first-order valence-corrected chi connectivity index (χ1v) is 7.32. The number of Topliss-reactive ketones (excluding diaryl/α,β-unsaturated/α-hetero) is 1. The molecule has 1 aromatic heterocycles. The molecule has 0 spiro atoms. The van der Waals surface area contributed by atoms with Crippen LogP contribution in [0.1, 0.15) is 31.7 Å². The van der Waals surface area contributed by atoms with E-state index in [9.17, 15) is 4.79 Å². The number of aryl methyl sites for hydroxylation is 1. The molecule has 0 aromatic carbocycles. The number of rotatable bonds is 4. The number of fused-ring (bicyclic) bond motifs is 5. The van der Waals surface area contributed by atoms with Crippen LogP contribution in [0.25, 0.3) is 0 Å². The number of ketones is 1. The van der Waals surface area contributed by atoms with Crippen LogP contribution in [0, 0.1) is 29.6 Å². The summed E-state index contributed by atoms with van der Waals surface area (Å²) in [5.41, 5.74) is 1.10. The Morgan fingerprint density at radius 2 is 2.11 bits per heavy atom. The lowest BCUT2D eigenvalue weighted by atomic mass is 9.97. The van der Waals surface area contributed by atoms with Crippen LogP contribution >= 0.6 is 0 Å². The highest BCUT2D eigenvalue weighted by atomic mass is 16.1. The first-order valence-electron chi connectivity index (χ1n) is 7.32. The average molecular weight is 244 g/mol. The number of hydrogen-bond acceptors (Lipinski definition) is 2. The Hall–Kier alpha value is -1.12. The lowest BCUT2D eigenvalue weighted by Gasteiger charge is -2.06. The molecule has 3 aliphatic carbocycles. The summed E-state index contributed by atoms with van der Waals surface area (Å²) >= 11 is 0. The first kappa shape index (κ1) is 10.8. The number of carbonyl (C=O) groups is 1. The molecule has 4 unspecified atom stereocenters. The molecule has 3 nitrogen and oxygen atoms in total. The van der Waals surface area contributed by atoms with Gasteiger partial charge >= 0.3 is 0 Å². The molecule has 96 valence electrons. The quantitative estimate of drug-likeness (QED) is 0.814. The minimum absolute atomic E-state index is 0.418. The van der Waals surface area contributed by atoms with Crippen LogP contribution in [0.5, 0.6) is 0 Å². The van der Waals surface area contributed by atoms with Crippen molar-refractivity contribution < 1.29 is 4.79 Å². The van der Waals surface area contributed by atoms with E-state index < -0.39 is 0 Å². The van der Waals surface area contributed by atoms with Gasteiger partial charge in [0.2, 0.25) is 0 Å². The predicted octanol–water partition coefficient (Wildman–Crippen LogP) is 2.31. The largest absolute Gasteiger partial charge is 0.299 e. The van der Waals surface area contributed by atoms with Gasteiger partial charge in [-0.15, -0.1) is 0 Å². The Balaban J connectivity index is 1.43. The van der Waals surface area contributed by atoms with Gasteiger partial charge in [-0.3, -0.25) is 9.48 Å². The third-order valence-corrected chi connectivity index (χ3v) is 5.50. The standard InChI is InChI=1S/C15H20N2O/c1-2-17-8-9(7-16-17)5-12(18)15-13-10-3-4-11(6-10)14(13)15/h7-8,10-11,13-15H,2-6H2,1H3. The third-order valence-electron chi connectivity index (χ3n) is 5.50. The summed E-state index contributed by atoms with van der Waals surface area (Å²) in [6.45, 7) is 2.95. The second kappa shape index (κ2) is 3.69. The molecule has 4 atom stereocenters. The molecule has 0 radical (unpaired) electrons. The Morgan fingerprint density at radius 1 is 1.39 bits per heavy atom.